The summed E-state index contributed by atoms with van der Waals surface area (Å²) in [4.78, 5) is 0. The standard InChI is InChI=1S/C12H17NO2S/c1-10(2)16(14,15)13-9-11(3)12-7-5-4-6-8-12/h4-5,8,10-11,13H,9H2,1-3H3. The van der Waals surface area contributed by atoms with Gasteiger partial charge >= 0.3 is 0 Å². The molecule has 2 radical (unpaired) electrons. The Morgan fingerprint density at radius 2 is 2.00 bits per heavy atom. The molecule has 0 fully saturated rings. The maximum Gasteiger partial charge on any atom is 0.213 e. The molecule has 0 saturated heterocycles. The highest BCUT2D eigenvalue weighted by Gasteiger charge is 2.16. The van der Waals surface area contributed by atoms with Crippen LogP contribution in [-0.4, -0.2) is 20.2 Å². The maximum absolute atomic E-state index is 11.5. The molecule has 0 aliphatic heterocycles. The van der Waals surface area contributed by atoms with Crippen LogP contribution in [-0.2, 0) is 10.0 Å². The summed E-state index contributed by atoms with van der Waals surface area (Å²) in [5.41, 5.74) is 0.967. The van der Waals surface area contributed by atoms with Crippen LogP contribution in [0.25, 0.3) is 0 Å². The van der Waals surface area contributed by atoms with E-state index in [1.165, 1.54) is 0 Å². The third-order valence-electron chi connectivity index (χ3n) is 2.41. The Labute approximate surface area is 97.9 Å². The van der Waals surface area contributed by atoms with Crippen LogP contribution in [0.5, 0.6) is 0 Å². The van der Waals surface area contributed by atoms with Crippen molar-refractivity contribution in [3.63, 3.8) is 0 Å². The van der Waals surface area contributed by atoms with Gasteiger partial charge in [0, 0.05) is 6.54 Å². The average molecular weight is 239 g/mol. The molecule has 0 bridgehead atoms. The first-order valence-electron chi connectivity index (χ1n) is 5.29. The molecule has 1 rings (SSSR count). The van der Waals surface area contributed by atoms with Gasteiger partial charge in [0.05, 0.1) is 5.25 Å². The van der Waals surface area contributed by atoms with Gasteiger partial charge in [-0.3, -0.25) is 0 Å². The van der Waals surface area contributed by atoms with Crippen molar-refractivity contribution in [3.05, 3.63) is 35.9 Å². The SMILES string of the molecule is CC(CNS(=O)(=O)C(C)C)c1[c]cc[c]c1. The second-order valence-electron chi connectivity index (χ2n) is 4.09. The van der Waals surface area contributed by atoms with Crippen LogP contribution in [0.2, 0.25) is 0 Å². The number of benzene rings is 1. The van der Waals surface area contributed by atoms with E-state index in [1.54, 1.807) is 26.0 Å². The molecule has 1 aromatic rings. The van der Waals surface area contributed by atoms with Crippen molar-refractivity contribution in [2.24, 2.45) is 0 Å². The Bertz CT molecular complexity index is 412. The first-order chi connectivity index (χ1) is 7.43. The predicted octanol–water partition coefficient (Wildman–Crippen LogP) is 1.72. The highest BCUT2D eigenvalue weighted by atomic mass is 32.2. The van der Waals surface area contributed by atoms with E-state index in [1.807, 2.05) is 13.0 Å². The smallest absolute Gasteiger partial charge is 0.213 e. The van der Waals surface area contributed by atoms with Gasteiger partial charge in [-0.25, -0.2) is 13.1 Å². The van der Waals surface area contributed by atoms with Crippen molar-refractivity contribution in [2.75, 3.05) is 6.54 Å². The minimum absolute atomic E-state index is 0.103. The van der Waals surface area contributed by atoms with Crippen LogP contribution in [0.3, 0.4) is 0 Å². The molecule has 1 atom stereocenters. The molecule has 0 saturated carbocycles. The van der Waals surface area contributed by atoms with Gasteiger partial charge < -0.3 is 0 Å². The lowest BCUT2D eigenvalue weighted by molar-refractivity contribution is 0.566. The van der Waals surface area contributed by atoms with Crippen molar-refractivity contribution in [3.8, 4) is 0 Å². The van der Waals surface area contributed by atoms with E-state index in [0.29, 0.717) is 6.54 Å². The second kappa shape index (κ2) is 5.46. The summed E-state index contributed by atoms with van der Waals surface area (Å²) in [6, 6.07) is 11.4. The summed E-state index contributed by atoms with van der Waals surface area (Å²) in [7, 11) is -3.18. The van der Waals surface area contributed by atoms with E-state index in [4.69, 9.17) is 0 Å². The van der Waals surface area contributed by atoms with Crippen LogP contribution in [0, 0.1) is 12.1 Å². The zero-order valence-electron chi connectivity index (χ0n) is 9.82. The summed E-state index contributed by atoms with van der Waals surface area (Å²) in [5, 5.41) is -0.397. The van der Waals surface area contributed by atoms with Gasteiger partial charge in [-0.2, -0.15) is 0 Å². The second-order valence-corrected chi connectivity index (χ2v) is 6.41. The zero-order chi connectivity index (χ0) is 12.2. The van der Waals surface area contributed by atoms with E-state index in [0.717, 1.165) is 5.56 Å². The molecule has 88 valence electrons. The monoisotopic (exact) mass is 239 g/mol. The average Bonchev–Trinajstić information content (AvgIpc) is 2.27. The molecule has 1 N–H and O–H groups in total. The van der Waals surface area contributed by atoms with Gasteiger partial charge in [-0.05, 0) is 37.5 Å². The number of hydrogen-bond acceptors (Lipinski definition) is 2. The van der Waals surface area contributed by atoms with E-state index < -0.39 is 15.3 Å². The number of nitrogens with one attached hydrogen (secondary N) is 1. The first-order valence-corrected chi connectivity index (χ1v) is 6.84. The minimum atomic E-state index is -3.18. The van der Waals surface area contributed by atoms with Gasteiger partial charge in [0.1, 0.15) is 0 Å². The topological polar surface area (TPSA) is 46.2 Å². The first kappa shape index (κ1) is 13.2. The molecule has 0 aliphatic carbocycles. The molecule has 16 heavy (non-hydrogen) atoms. The third kappa shape index (κ3) is 3.61. The van der Waals surface area contributed by atoms with Gasteiger partial charge in [-0.1, -0.05) is 25.1 Å². The highest BCUT2D eigenvalue weighted by molar-refractivity contribution is 7.90. The van der Waals surface area contributed by atoms with Crippen LogP contribution < -0.4 is 4.72 Å². The Kier molecular flexibility index (Phi) is 4.50. The normalized spacial score (nSPS) is 14.0. The fourth-order valence-electron chi connectivity index (χ4n) is 1.17. The largest absolute Gasteiger partial charge is 0.214 e. The van der Waals surface area contributed by atoms with Gasteiger partial charge in [0.15, 0.2) is 0 Å². The lowest BCUT2D eigenvalue weighted by Gasteiger charge is -2.14. The Morgan fingerprint density at radius 3 is 2.50 bits per heavy atom. The fraction of sp³-hybridized carbons (Fsp3) is 0.500. The van der Waals surface area contributed by atoms with E-state index in [-0.39, 0.29) is 5.92 Å². The number of rotatable bonds is 5. The number of sulfonamides is 1. The quantitative estimate of drug-likeness (QED) is 0.850. The van der Waals surface area contributed by atoms with Crippen molar-refractivity contribution < 1.29 is 8.42 Å². The lowest BCUT2D eigenvalue weighted by Crippen LogP contribution is -2.33. The summed E-state index contributed by atoms with van der Waals surface area (Å²) < 4.78 is 25.7. The van der Waals surface area contributed by atoms with Crippen LogP contribution in [0.4, 0.5) is 0 Å². The van der Waals surface area contributed by atoms with E-state index in [9.17, 15) is 8.42 Å². The van der Waals surface area contributed by atoms with Crippen molar-refractivity contribution in [1.82, 2.24) is 4.72 Å². The highest BCUT2D eigenvalue weighted by Crippen LogP contribution is 2.12. The molecule has 0 aliphatic rings. The maximum atomic E-state index is 11.5. The van der Waals surface area contributed by atoms with Crippen LogP contribution in [0.1, 0.15) is 32.3 Å². The molecular formula is C12H17NO2S. The van der Waals surface area contributed by atoms with Gasteiger partial charge in [0.2, 0.25) is 10.0 Å². The summed E-state index contributed by atoms with van der Waals surface area (Å²) >= 11 is 0. The molecule has 0 heterocycles. The molecule has 1 aromatic carbocycles. The molecule has 0 amide bonds. The fourth-order valence-corrected chi connectivity index (χ4v) is 1.98. The molecule has 1 unspecified atom stereocenters. The Hall–Kier alpha value is -0.870. The van der Waals surface area contributed by atoms with Gasteiger partial charge in [-0.15, -0.1) is 0 Å². The lowest BCUT2D eigenvalue weighted by atomic mass is 10.0. The molecule has 0 spiro atoms. The van der Waals surface area contributed by atoms with Crippen molar-refractivity contribution in [1.29, 1.82) is 0 Å². The minimum Gasteiger partial charge on any atom is -0.214 e. The van der Waals surface area contributed by atoms with Crippen LogP contribution in [0.15, 0.2) is 18.2 Å². The van der Waals surface area contributed by atoms with Crippen molar-refractivity contribution >= 4 is 10.0 Å². The Balaban J connectivity index is 2.58. The van der Waals surface area contributed by atoms with E-state index >= 15 is 0 Å². The molecule has 4 heteroatoms. The van der Waals surface area contributed by atoms with Gasteiger partial charge in [0.25, 0.3) is 0 Å². The summed E-state index contributed by atoms with van der Waals surface area (Å²) in [6.07, 6.45) is 0. The summed E-state index contributed by atoms with van der Waals surface area (Å²) in [6.45, 7) is 5.68. The van der Waals surface area contributed by atoms with Crippen LogP contribution >= 0.6 is 0 Å². The zero-order valence-corrected chi connectivity index (χ0v) is 10.6. The molecule has 3 nitrogen and oxygen atoms in total. The van der Waals surface area contributed by atoms with E-state index in [2.05, 4.69) is 16.9 Å². The predicted molar refractivity (Wildman–Crippen MR) is 64.6 cm³/mol. The molecular weight excluding hydrogens is 222 g/mol. The Morgan fingerprint density at radius 1 is 1.31 bits per heavy atom. The third-order valence-corrected chi connectivity index (χ3v) is 4.22. The number of hydrogen-bond donors (Lipinski definition) is 1. The molecule has 0 aromatic heterocycles. The van der Waals surface area contributed by atoms with Crippen molar-refractivity contribution in [2.45, 2.75) is 31.9 Å². The summed E-state index contributed by atoms with van der Waals surface area (Å²) in [5.74, 6) is 0.103.